The standard InChI is InChI=1S/C12H17N3O2/c1-13-10-8-17-7-9(10)12(16)15(2)11-5-3-4-6-14-11/h3-6,9-10,13H,7-8H2,1-2H3. The van der Waals surface area contributed by atoms with Crippen molar-refractivity contribution in [3.8, 4) is 0 Å². The lowest BCUT2D eigenvalue weighted by atomic mass is 10.0. The number of carbonyl (C=O) groups is 1. The Kier molecular flexibility index (Phi) is 3.71. The predicted octanol–water partition coefficient (Wildman–Crippen LogP) is 0.279. The first-order valence-electron chi connectivity index (χ1n) is 5.67. The highest BCUT2D eigenvalue weighted by Crippen LogP contribution is 2.18. The van der Waals surface area contributed by atoms with Crippen LogP contribution in [0.15, 0.2) is 24.4 Å². The molecule has 0 saturated carbocycles. The molecule has 0 aromatic carbocycles. The van der Waals surface area contributed by atoms with Crippen LogP contribution in [0.3, 0.4) is 0 Å². The number of nitrogens with zero attached hydrogens (tertiary/aromatic N) is 2. The van der Waals surface area contributed by atoms with Gasteiger partial charge in [0.15, 0.2) is 0 Å². The molecule has 2 atom stereocenters. The zero-order valence-electron chi connectivity index (χ0n) is 10.1. The van der Waals surface area contributed by atoms with Crippen LogP contribution >= 0.6 is 0 Å². The molecule has 2 heterocycles. The number of rotatable bonds is 3. The van der Waals surface area contributed by atoms with Crippen LogP contribution in [0.25, 0.3) is 0 Å². The number of pyridine rings is 1. The molecule has 1 aromatic rings. The van der Waals surface area contributed by atoms with Gasteiger partial charge in [0.25, 0.3) is 0 Å². The van der Waals surface area contributed by atoms with Crippen molar-refractivity contribution in [2.45, 2.75) is 6.04 Å². The van der Waals surface area contributed by atoms with Crippen LogP contribution in [0.2, 0.25) is 0 Å². The fraction of sp³-hybridized carbons (Fsp3) is 0.500. The summed E-state index contributed by atoms with van der Waals surface area (Å²) in [5.74, 6) is 0.576. The van der Waals surface area contributed by atoms with Gasteiger partial charge in [0.1, 0.15) is 5.82 Å². The second kappa shape index (κ2) is 5.25. The Balaban J connectivity index is 2.10. The molecule has 1 aliphatic heterocycles. The van der Waals surface area contributed by atoms with Crippen molar-refractivity contribution in [3.63, 3.8) is 0 Å². The Hall–Kier alpha value is -1.46. The molecule has 1 fully saturated rings. The summed E-state index contributed by atoms with van der Waals surface area (Å²) in [7, 11) is 3.59. The third-order valence-corrected chi connectivity index (χ3v) is 3.09. The first kappa shape index (κ1) is 12.0. The second-order valence-electron chi connectivity index (χ2n) is 4.12. The molecule has 1 aromatic heterocycles. The van der Waals surface area contributed by atoms with E-state index < -0.39 is 0 Å². The second-order valence-corrected chi connectivity index (χ2v) is 4.12. The monoisotopic (exact) mass is 235 g/mol. The maximum absolute atomic E-state index is 12.3. The molecule has 1 aliphatic rings. The summed E-state index contributed by atoms with van der Waals surface area (Å²) >= 11 is 0. The number of carbonyl (C=O) groups excluding carboxylic acids is 1. The zero-order valence-corrected chi connectivity index (χ0v) is 10.1. The van der Waals surface area contributed by atoms with E-state index in [1.54, 1.807) is 18.1 Å². The van der Waals surface area contributed by atoms with E-state index in [1.165, 1.54) is 0 Å². The van der Waals surface area contributed by atoms with Gasteiger partial charge in [-0.2, -0.15) is 0 Å². The Morgan fingerprint density at radius 1 is 1.53 bits per heavy atom. The molecule has 1 N–H and O–H groups in total. The molecule has 17 heavy (non-hydrogen) atoms. The van der Waals surface area contributed by atoms with Crippen molar-refractivity contribution in [3.05, 3.63) is 24.4 Å². The molecule has 5 nitrogen and oxygen atoms in total. The summed E-state index contributed by atoms with van der Waals surface area (Å²) < 4.78 is 5.34. The Morgan fingerprint density at radius 3 is 3.00 bits per heavy atom. The van der Waals surface area contributed by atoms with Crippen molar-refractivity contribution in [2.24, 2.45) is 5.92 Å². The number of hydrogen-bond acceptors (Lipinski definition) is 4. The van der Waals surface area contributed by atoms with Crippen molar-refractivity contribution in [1.29, 1.82) is 0 Å². The minimum atomic E-state index is -0.132. The number of anilines is 1. The van der Waals surface area contributed by atoms with E-state index in [4.69, 9.17) is 4.74 Å². The summed E-state index contributed by atoms with van der Waals surface area (Å²) in [4.78, 5) is 18.0. The van der Waals surface area contributed by atoms with Gasteiger partial charge in [-0.3, -0.25) is 9.69 Å². The topological polar surface area (TPSA) is 54.5 Å². The van der Waals surface area contributed by atoms with Gasteiger partial charge in [-0.1, -0.05) is 6.07 Å². The predicted molar refractivity (Wildman–Crippen MR) is 64.8 cm³/mol. The van der Waals surface area contributed by atoms with Crippen molar-refractivity contribution < 1.29 is 9.53 Å². The molecule has 2 unspecified atom stereocenters. The van der Waals surface area contributed by atoms with Crippen LogP contribution in [0, 0.1) is 5.92 Å². The van der Waals surface area contributed by atoms with Crippen LogP contribution < -0.4 is 10.2 Å². The van der Waals surface area contributed by atoms with E-state index in [1.807, 2.05) is 25.2 Å². The molecule has 0 bridgehead atoms. The molecule has 92 valence electrons. The summed E-state index contributed by atoms with van der Waals surface area (Å²) in [6, 6.07) is 5.61. The van der Waals surface area contributed by atoms with Crippen molar-refractivity contribution in [1.82, 2.24) is 10.3 Å². The third kappa shape index (κ3) is 2.45. The molecule has 0 spiro atoms. The lowest BCUT2D eigenvalue weighted by Gasteiger charge is -2.22. The van der Waals surface area contributed by atoms with E-state index in [0.717, 1.165) is 0 Å². The number of amides is 1. The molecule has 2 rings (SSSR count). The molecule has 5 heteroatoms. The fourth-order valence-electron chi connectivity index (χ4n) is 2.00. The smallest absolute Gasteiger partial charge is 0.234 e. The van der Waals surface area contributed by atoms with Gasteiger partial charge in [-0.05, 0) is 19.2 Å². The quantitative estimate of drug-likeness (QED) is 0.817. The minimum absolute atomic E-state index is 0.0422. The van der Waals surface area contributed by atoms with Crippen LogP contribution in [-0.4, -0.2) is 44.2 Å². The van der Waals surface area contributed by atoms with Crippen LogP contribution in [-0.2, 0) is 9.53 Å². The van der Waals surface area contributed by atoms with Crippen LogP contribution in [0.1, 0.15) is 0 Å². The van der Waals surface area contributed by atoms with Gasteiger partial charge in [0.2, 0.25) is 5.91 Å². The molecule has 1 amide bonds. The lowest BCUT2D eigenvalue weighted by Crippen LogP contribution is -2.43. The molecular weight excluding hydrogens is 218 g/mol. The van der Waals surface area contributed by atoms with Gasteiger partial charge in [-0.15, -0.1) is 0 Å². The molecular formula is C12H17N3O2. The Morgan fingerprint density at radius 2 is 2.35 bits per heavy atom. The fourth-order valence-corrected chi connectivity index (χ4v) is 2.00. The molecule has 1 saturated heterocycles. The highest BCUT2D eigenvalue weighted by Gasteiger charge is 2.35. The average Bonchev–Trinajstić information content (AvgIpc) is 2.86. The third-order valence-electron chi connectivity index (χ3n) is 3.09. The van der Waals surface area contributed by atoms with Crippen molar-refractivity contribution >= 4 is 11.7 Å². The van der Waals surface area contributed by atoms with Gasteiger partial charge in [-0.25, -0.2) is 4.98 Å². The van der Waals surface area contributed by atoms with Crippen LogP contribution in [0.4, 0.5) is 5.82 Å². The van der Waals surface area contributed by atoms with E-state index in [-0.39, 0.29) is 17.9 Å². The largest absolute Gasteiger partial charge is 0.379 e. The van der Waals surface area contributed by atoms with E-state index in [9.17, 15) is 4.79 Å². The highest BCUT2D eigenvalue weighted by atomic mass is 16.5. The Bertz CT molecular complexity index is 383. The van der Waals surface area contributed by atoms with Gasteiger partial charge >= 0.3 is 0 Å². The zero-order chi connectivity index (χ0) is 12.3. The van der Waals surface area contributed by atoms with Gasteiger partial charge < -0.3 is 10.1 Å². The number of likely N-dealkylation sites (N-methyl/N-ethyl adjacent to an activating group) is 1. The normalized spacial score (nSPS) is 23.6. The van der Waals surface area contributed by atoms with E-state index in [0.29, 0.717) is 19.0 Å². The van der Waals surface area contributed by atoms with Gasteiger partial charge in [0, 0.05) is 19.3 Å². The SMILES string of the molecule is CNC1COCC1C(=O)N(C)c1ccccn1. The molecule has 0 aliphatic carbocycles. The summed E-state index contributed by atoms with van der Waals surface area (Å²) in [6.45, 7) is 1.06. The summed E-state index contributed by atoms with van der Waals surface area (Å²) in [5.41, 5.74) is 0. The lowest BCUT2D eigenvalue weighted by molar-refractivity contribution is -0.122. The first-order chi connectivity index (χ1) is 8.24. The maximum atomic E-state index is 12.3. The highest BCUT2D eigenvalue weighted by molar-refractivity contribution is 5.94. The number of ether oxygens (including phenoxy) is 1. The summed E-state index contributed by atoms with van der Waals surface area (Å²) in [5, 5.41) is 3.11. The summed E-state index contributed by atoms with van der Waals surface area (Å²) in [6.07, 6.45) is 1.68. The number of nitrogens with one attached hydrogen (secondary N) is 1. The van der Waals surface area contributed by atoms with Gasteiger partial charge in [0.05, 0.1) is 19.1 Å². The maximum Gasteiger partial charge on any atom is 0.234 e. The minimum Gasteiger partial charge on any atom is -0.379 e. The molecule has 0 radical (unpaired) electrons. The van der Waals surface area contributed by atoms with E-state index in [2.05, 4.69) is 10.3 Å². The van der Waals surface area contributed by atoms with E-state index >= 15 is 0 Å². The number of hydrogen-bond donors (Lipinski definition) is 1. The van der Waals surface area contributed by atoms with Crippen LogP contribution in [0.5, 0.6) is 0 Å². The first-order valence-corrected chi connectivity index (χ1v) is 5.67. The number of aromatic nitrogens is 1. The average molecular weight is 235 g/mol. The Labute approximate surface area is 101 Å². The van der Waals surface area contributed by atoms with Crippen molar-refractivity contribution in [2.75, 3.05) is 32.2 Å².